The summed E-state index contributed by atoms with van der Waals surface area (Å²) < 4.78 is 0. The molecule has 0 bridgehead atoms. The Morgan fingerprint density at radius 2 is 1.79 bits per heavy atom. The molecule has 0 saturated heterocycles. The van der Waals surface area contributed by atoms with Crippen LogP contribution in [0.4, 0.5) is 0 Å². The second kappa shape index (κ2) is 5.60. The summed E-state index contributed by atoms with van der Waals surface area (Å²) >= 11 is 7.26. The van der Waals surface area contributed by atoms with Crippen LogP contribution in [-0.4, -0.2) is 9.97 Å². The molecule has 2 aromatic rings. The first kappa shape index (κ1) is 13.9. The first-order valence-corrected chi connectivity index (χ1v) is 6.90. The second-order valence-electron chi connectivity index (χ2n) is 4.16. The van der Waals surface area contributed by atoms with E-state index in [0.29, 0.717) is 15.7 Å². The standard InChI is InChI=1S/C14H12ClN3S/c1-8-9(2)17-14(18-10(8)3)19-13-5-4-12(15)6-11(13)7-16/h4-6H,1-3H3. The van der Waals surface area contributed by atoms with Crippen LogP contribution in [0.25, 0.3) is 0 Å². The molecule has 96 valence electrons. The van der Waals surface area contributed by atoms with Crippen LogP contribution >= 0.6 is 23.4 Å². The molecule has 0 spiro atoms. The van der Waals surface area contributed by atoms with Crippen LogP contribution in [0.5, 0.6) is 0 Å². The van der Waals surface area contributed by atoms with Gasteiger partial charge >= 0.3 is 0 Å². The highest BCUT2D eigenvalue weighted by atomic mass is 35.5. The lowest BCUT2D eigenvalue weighted by Gasteiger charge is -2.07. The minimum Gasteiger partial charge on any atom is -0.227 e. The van der Waals surface area contributed by atoms with Crippen molar-refractivity contribution in [1.29, 1.82) is 5.26 Å². The Bertz CT molecular complexity index is 654. The molecule has 1 aromatic heterocycles. The van der Waals surface area contributed by atoms with Crippen molar-refractivity contribution in [2.75, 3.05) is 0 Å². The zero-order valence-electron chi connectivity index (χ0n) is 10.9. The molecule has 0 radical (unpaired) electrons. The van der Waals surface area contributed by atoms with E-state index in [1.807, 2.05) is 26.8 Å². The topological polar surface area (TPSA) is 49.6 Å². The predicted molar refractivity (Wildman–Crippen MR) is 76.5 cm³/mol. The number of nitriles is 1. The van der Waals surface area contributed by atoms with Gasteiger partial charge in [0.05, 0.1) is 5.56 Å². The molecule has 0 aliphatic carbocycles. The van der Waals surface area contributed by atoms with Crippen molar-refractivity contribution in [1.82, 2.24) is 9.97 Å². The average Bonchev–Trinajstić information content (AvgIpc) is 2.38. The summed E-state index contributed by atoms with van der Waals surface area (Å²) in [6.07, 6.45) is 0. The van der Waals surface area contributed by atoms with Crippen LogP contribution in [0.1, 0.15) is 22.5 Å². The van der Waals surface area contributed by atoms with Gasteiger partial charge < -0.3 is 0 Å². The molecule has 0 unspecified atom stereocenters. The summed E-state index contributed by atoms with van der Waals surface area (Å²) in [7, 11) is 0. The Morgan fingerprint density at radius 3 is 2.37 bits per heavy atom. The highest BCUT2D eigenvalue weighted by molar-refractivity contribution is 7.99. The third-order valence-electron chi connectivity index (χ3n) is 2.88. The molecule has 0 N–H and O–H groups in total. The van der Waals surface area contributed by atoms with Gasteiger partial charge in [0.15, 0.2) is 5.16 Å². The van der Waals surface area contributed by atoms with Gasteiger partial charge in [0.1, 0.15) is 6.07 Å². The van der Waals surface area contributed by atoms with E-state index in [0.717, 1.165) is 21.8 Å². The number of aryl methyl sites for hydroxylation is 2. The van der Waals surface area contributed by atoms with Crippen LogP contribution in [0, 0.1) is 32.1 Å². The first-order chi connectivity index (χ1) is 9.01. The molecule has 2 rings (SSSR count). The van der Waals surface area contributed by atoms with Crippen LogP contribution in [-0.2, 0) is 0 Å². The Kier molecular flexibility index (Phi) is 4.08. The summed E-state index contributed by atoms with van der Waals surface area (Å²) in [6, 6.07) is 7.37. The van der Waals surface area contributed by atoms with E-state index < -0.39 is 0 Å². The van der Waals surface area contributed by atoms with Gasteiger partial charge in [-0.3, -0.25) is 0 Å². The molecule has 0 aliphatic rings. The fraction of sp³-hybridized carbons (Fsp3) is 0.214. The van der Waals surface area contributed by atoms with E-state index in [2.05, 4.69) is 16.0 Å². The fourth-order valence-corrected chi connectivity index (χ4v) is 2.65. The van der Waals surface area contributed by atoms with Gasteiger partial charge in [-0.1, -0.05) is 11.6 Å². The molecule has 0 aliphatic heterocycles. The van der Waals surface area contributed by atoms with Gasteiger partial charge in [0, 0.05) is 21.3 Å². The third-order valence-corrected chi connectivity index (χ3v) is 4.05. The van der Waals surface area contributed by atoms with Crippen LogP contribution in [0.15, 0.2) is 28.3 Å². The van der Waals surface area contributed by atoms with Gasteiger partial charge in [-0.15, -0.1) is 0 Å². The van der Waals surface area contributed by atoms with Gasteiger partial charge in [0.25, 0.3) is 0 Å². The number of hydrogen-bond donors (Lipinski definition) is 0. The minimum atomic E-state index is 0.539. The molecule has 3 nitrogen and oxygen atoms in total. The van der Waals surface area contributed by atoms with Gasteiger partial charge in [-0.25, -0.2) is 9.97 Å². The molecule has 19 heavy (non-hydrogen) atoms. The highest BCUT2D eigenvalue weighted by Gasteiger charge is 2.09. The van der Waals surface area contributed by atoms with E-state index in [9.17, 15) is 0 Å². The van der Waals surface area contributed by atoms with Crippen LogP contribution in [0.2, 0.25) is 5.02 Å². The number of hydrogen-bond acceptors (Lipinski definition) is 4. The summed E-state index contributed by atoms with van der Waals surface area (Å²) in [5.41, 5.74) is 3.56. The first-order valence-electron chi connectivity index (χ1n) is 5.70. The molecular formula is C14H12ClN3S. The van der Waals surface area contributed by atoms with Crippen molar-refractivity contribution < 1.29 is 0 Å². The zero-order valence-corrected chi connectivity index (χ0v) is 12.4. The van der Waals surface area contributed by atoms with Crippen molar-refractivity contribution in [3.8, 4) is 6.07 Å². The van der Waals surface area contributed by atoms with Crippen molar-refractivity contribution >= 4 is 23.4 Å². The molecule has 1 aromatic carbocycles. The van der Waals surface area contributed by atoms with Gasteiger partial charge in [-0.05, 0) is 56.3 Å². The maximum absolute atomic E-state index is 9.11. The van der Waals surface area contributed by atoms with Gasteiger partial charge in [0.2, 0.25) is 0 Å². The average molecular weight is 290 g/mol. The lowest BCUT2D eigenvalue weighted by molar-refractivity contribution is 0.881. The molecule has 5 heteroatoms. The number of benzene rings is 1. The second-order valence-corrected chi connectivity index (χ2v) is 5.60. The zero-order chi connectivity index (χ0) is 14.0. The summed E-state index contributed by atoms with van der Waals surface area (Å²) in [6.45, 7) is 5.92. The summed E-state index contributed by atoms with van der Waals surface area (Å²) in [5.74, 6) is 0. The molecule has 0 fully saturated rings. The normalized spacial score (nSPS) is 10.3. The van der Waals surface area contributed by atoms with Crippen LogP contribution in [0.3, 0.4) is 0 Å². The van der Waals surface area contributed by atoms with Crippen molar-refractivity contribution in [3.05, 3.63) is 45.7 Å². The van der Waals surface area contributed by atoms with Crippen molar-refractivity contribution in [2.45, 2.75) is 30.8 Å². The fourth-order valence-electron chi connectivity index (χ4n) is 1.56. The maximum atomic E-state index is 9.11. The number of nitrogens with zero attached hydrogens (tertiary/aromatic N) is 3. The summed E-state index contributed by atoms with van der Waals surface area (Å²) in [4.78, 5) is 9.69. The molecule has 1 heterocycles. The van der Waals surface area contributed by atoms with E-state index in [4.69, 9.17) is 16.9 Å². The molecule has 0 amide bonds. The van der Waals surface area contributed by atoms with Gasteiger partial charge in [-0.2, -0.15) is 5.26 Å². The molecule has 0 atom stereocenters. The largest absolute Gasteiger partial charge is 0.227 e. The van der Waals surface area contributed by atoms with E-state index in [1.54, 1.807) is 12.1 Å². The van der Waals surface area contributed by atoms with Crippen LogP contribution < -0.4 is 0 Å². The summed E-state index contributed by atoms with van der Waals surface area (Å²) in [5, 5.41) is 10.3. The lowest BCUT2D eigenvalue weighted by atomic mass is 10.2. The van der Waals surface area contributed by atoms with E-state index in [1.165, 1.54) is 11.8 Å². The highest BCUT2D eigenvalue weighted by Crippen LogP contribution is 2.30. The van der Waals surface area contributed by atoms with Crippen molar-refractivity contribution in [3.63, 3.8) is 0 Å². The Hall–Kier alpha value is -1.57. The lowest BCUT2D eigenvalue weighted by Crippen LogP contribution is -1.98. The monoisotopic (exact) mass is 289 g/mol. The SMILES string of the molecule is Cc1nc(Sc2ccc(Cl)cc2C#N)nc(C)c1C. The Labute approximate surface area is 121 Å². The molecule has 0 saturated carbocycles. The maximum Gasteiger partial charge on any atom is 0.192 e. The minimum absolute atomic E-state index is 0.539. The number of rotatable bonds is 2. The third kappa shape index (κ3) is 3.06. The number of halogens is 1. The Morgan fingerprint density at radius 1 is 1.16 bits per heavy atom. The Balaban J connectivity index is 2.40. The number of aromatic nitrogens is 2. The van der Waals surface area contributed by atoms with E-state index in [-0.39, 0.29) is 0 Å². The predicted octanol–water partition coefficient (Wildman–Crippen LogP) is 4.08. The smallest absolute Gasteiger partial charge is 0.192 e. The van der Waals surface area contributed by atoms with E-state index >= 15 is 0 Å². The molecular weight excluding hydrogens is 278 g/mol. The quantitative estimate of drug-likeness (QED) is 0.782. The van der Waals surface area contributed by atoms with Crippen molar-refractivity contribution in [2.24, 2.45) is 0 Å².